The highest BCUT2D eigenvalue weighted by atomic mass is 16.1. The van der Waals surface area contributed by atoms with Crippen LogP contribution in [-0.4, -0.2) is 5.78 Å². The van der Waals surface area contributed by atoms with Crippen molar-refractivity contribution in [2.45, 2.75) is 52.9 Å². The molecular formula is C13H24O. The molecule has 0 aromatic heterocycles. The minimum absolute atomic E-state index is 0.405. The fourth-order valence-electron chi connectivity index (χ4n) is 1.67. The van der Waals surface area contributed by atoms with E-state index in [2.05, 4.69) is 27.4 Å². The zero-order valence-corrected chi connectivity index (χ0v) is 9.88. The van der Waals surface area contributed by atoms with Crippen molar-refractivity contribution in [3.05, 3.63) is 12.7 Å². The van der Waals surface area contributed by atoms with Gasteiger partial charge in [0.1, 0.15) is 5.78 Å². The van der Waals surface area contributed by atoms with Gasteiger partial charge in [0, 0.05) is 12.8 Å². The number of carbonyl (C=O) groups excluding carboxylic acids is 1. The van der Waals surface area contributed by atoms with E-state index in [-0.39, 0.29) is 0 Å². The highest BCUT2D eigenvalue weighted by Gasteiger charge is 2.13. The SMILES string of the molecule is C=CC(CCC(=O)CCC)C(C)CC. The van der Waals surface area contributed by atoms with Gasteiger partial charge < -0.3 is 0 Å². The lowest BCUT2D eigenvalue weighted by molar-refractivity contribution is -0.119. The van der Waals surface area contributed by atoms with Crippen LogP contribution in [0.15, 0.2) is 12.7 Å². The van der Waals surface area contributed by atoms with Gasteiger partial charge in [0.25, 0.3) is 0 Å². The van der Waals surface area contributed by atoms with Gasteiger partial charge in [-0.05, 0) is 24.7 Å². The third-order valence-electron chi connectivity index (χ3n) is 2.96. The van der Waals surface area contributed by atoms with Crippen molar-refractivity contribution in [1.29, 1.82) is 0 Å². The van der Waals surface area contributed by atoms with E-state index in [1.54, 1.807) is 0 Å². The molecule has 0 heterocycles. The van der Waals surface area contributed by atoms with Crippen molar-refractivity contribution in [1.82, 2.24) is 0 Å². The molecule has 0 N–H and O–H groups in total. The van der Waals surface area contributed by atoms with Gasteiger partial charge in [-0.25, -0.2) is 0 Å². The monoisotopic (exact) mass is 196 g/mol. The summed E-state index contributed by atoms with van der Waals surface area (Å²) in [5.41, 5.74) is 0. The van der Waals surface area contributed by atoms with E-state index in [0.29, 0.717) is 17.6 Å². The standard InChI is InChI=1S/C13H24O/c1-5-8-13(14)10-9-12(7-3)11(4)6-2/h7,11-12H,3,5-6,8-10H2,1-2,4H3. The van der Waals surface area contributed by atoms with Crippen LogP contribution in [0, 0.1) is 11.8 Å². The predicted octanol–water partition coefficient (Wildman–Crippen LogP) is 3.98. The van der Waals surface area contributed by atoms with Crippen LogP contribution >= 0.6 is 0 Å². The molecule has 0 bridgehead atoms. The highest BCUT2D eigenvalue weighted by Crippen LogP contribution is 2.21. The van der Waals surface area contributed by atoms with Crippen LogP contribution in [-0.2, 0) is 4.79 Å². The molecule has 0 aromatic rings. The maximum Gasteiger partial charge on any atom is 0.132 e. The maximum absolute atomic E-state index is 11.3. The van der Waals surface area contributed by atoms with Crippen LogP contribution in [0.4, 0.5) is 0 Å². The topological polar surface area (TPSA) is 17.1 Å². The lowest BCUT2D eigenvalue weighted by Crippen LogP contribution is -2.10. The van der Waals surface area contributed by atoms with Crippen molar-refractivity contribution in [2.24, 2.45) is 11.8 Å². The van der Waals surface area contributed by atoms with Gasteiger partial charge in [0.2, 0.25) is 0 Å². The second-order valence-electron chi connectivity index (χ2n) is 4.11. The highest BCUT2D eigenvalue weighted by molar-refractivity contribution is 5.78. The predicted molar refractivity (Wildman–Crippen MR) is 62.3 cm³/mol. The van der Waals surface area contributed by atoms with Crippen molar-refractivity contribution < 1.29 is 4.79 Å². The van der Waals surface area contributed by atoms with Gasteiger partial charge in [-0.1, -0.05) is 33.3 Å². The molecule has 2 unspecified atom stereocenters. The van der Waals surface area contributed by atoms with Gasteiger partial charge in [0.15, 0.2) is 0 Å². The quantitative estimate of drug-likeness (QED) is 0.537. The van der Waals surface area contributed by atoms with Crippen LogP contribution in [0.2, 0.25) is 0 Å². The second-order valence-corrected chi connectivity index (χ2v) is 4.11. The maximum atomic E-state index is 11.3. The van der Waals surface area contributed by atoms with Crippen molar-refractivity contribution in [2.75, 3.05) is 0 Å². The molecule has 0 saturated carbocycles. The molecule has 0 saturated heterocycles. The first-order valence-corrected chi connectivity index (χ1v) is 5.79. The summed E-state index contributed by atoms with van der Waals surface area (Å²) in [5, 5.41) is 0. The Morgan fingerprint density at radius 2 is 2.00 bits per heavy atom. The molecule has 14 heavy (non-hydrogen) atoms. The number of Topliss-reactive ketones (excluding diaryl/α,β-unsaturated/α-hetero) is 1. The Morgan fingerprint density at radius 1 is 1.36 bits per heavy atom. The van der Waals surface area contributed by atoms with Crippen molar-refractivity contribution >= 4 is 5.78 Å². The largest absolute Gasteiger partial charge is 0.300 e. The first kappa shape index (κ1) is 13.4. The van der Waals surface area contributed by atoms with Crippen molar-refractivity contribution in [3.8, 4) is 0 Å². The number of rotatable bonds is 8. The minimum atomic E-state index is 0.405. The summed E-state index contributed by atoms with van der Waals surface area (Å²) < 4.78 is 0. The molecular weight excluding hydrogens is 172 g/mol. The average molecular weight is 196 g/mol. The Hall–Kier alpha value is -0.590. The van der Waals surface area contributed by atoms with E-state index in [1.165, 1.54) is 6.42 Å². The summed E-state index contributed by atoms with van der Waals surface area (Å²) in [7, 11) is 0. The fourth-order valence-corrected chi connectivity index (χ4v) is 1.67. The average Bonchev–Trinajstić information content (AvgIpc) is 2.18. The van der Waals surface area contributed by atoms with E-state index in [1.807, 2.05) is 6.08 Å². The molecule has 0 aliphatic rings. The Bertz CT molecular complexity index is 172. The van der Waals surface area contributed by atoms with E-state index in [4.69, 9.17) is 0 Å². The summed E-state index contributed by atoms with van der Waals surface area (Å²) in [6, 6.07) is 0. The number of hydrogen-bond acceptors (Lipinski definition) is 1. The molecule has 0 aliphatic heterocycles. The summed E-state index contributed by atoms with van der Waals surface area (Å²) in [6.07, 6.45) is 6.60. The van der Waals surface area contributed by atoms with E-state index in [0.717, 1.165) is 25.7 Å². The van der Waals surface area contributed by atoms with Crippen LogP contribution in [0.25, 0.3) is 0 Å². The molecule has 1 heteroatoms. The van der Waals surface area contributed by atoms with Gasteiger partial charge >= 0.3 is 0 Å². The third-order valence-corrected chi connectivity index (χ3v) is 2.96. The van der Waals surface area contributed by atoms with Crippen LogP contribution in [0.3, 0.4) is 0 Å². The van der Waals surface area contributed by atoms with Gasteiger partial charge in [0.05, 0.1) is 0 Å². The molecule has 1 nitrogen and oxygen atoms in total. The smallest absolute Gasteiger partial charge is 0.132 e. The summed E-state index contributed by atoms with van der Waals surface area (Å²) in [5.74, 6) is 1.57. The zero-order valence-electron chi connectivity index (χ0n) is 9.88. The summed E-state index contributed by atoms with van der Waals surface area (Å²) in [4.78, 5) is 11.3. The fraction of sp³-hybridized carbons (Fsp3) is 0.769. The molecule has 0 radical (unpaired) electrons. The van der Waals surface area contributed by atoms with Crippen molar-refractivity contribution in [3.63, 3.8) is 0 Å². The molecule has 82 valence electrons. The van der Waals surface area contributed by atoms with Gasteiger partial charge in [-0.2, -0.15) is 0 Å². The van der Waals surface area contributed by atoms with Crippen LogP contribution in [0.5, 0.6) is 0 Å². The first-order chi connectivity index (χ1) is 6.65. The lowest BCUT2D eigenvalue weighted by atomic mass is 9.87. The third kappa shape index (κ3) is 5.21. The number of ketones is 1. The van der Waals surface area contributed by atoms with E-state index in [9.17, 15) is 4.79 Å². The van der Waals surface area contributed by atoms with Crippen LogP contribution in [0.1, 0.15) is 52.9 Å². The second kappa shape index (κ2) is 7.78. The minimum Gasteiger partial charge on any atom is -0.300 e. The molecule has 2 atom stereocenters. The zero-order chi connectivity index (χ0) is 11.0. The molecule has 0 aromatic carbocycles. The number of allylic oxidation sites excluding steroid dienone is 1. The summed E-state index contributed by atoms with van der Waals surface area (Å²) in [6.45, 7) is 10.3. The number of carbonyl (C=O) groups is 1. The Kier molecular flexibility index (Phi) is 7.45. The van der Waals surface area contributed by atoms with Gasteiger partial charge in [-0.3, -0.25) is 4.79 Å². The van der Waals surface area contributed by atoms with E-state index < -0.39 is 0 Å². The Morgan fingerprint density at radius 3 is 2.43 bits per heavy atom. The molecule has 0 amide bonds. The summed E-state index contributed by atoms with van der Waals surface area (Å²) >= 11 is 0. The first-order valence-electron chi connectivity index (χ1n) is 5.79. The Labute approximate surface area is 88.6 Å². The molecule has 0 rings (SSSR count). The number of hydrogen-bond donors (Lipinski definition) is 0. The van der Waals surface area contributed by atoms with Gasteiger partial charge in [-0.15, -0.1) is 6.58 Å². The normalized spacial score (nSPS) is 14.8. The molecule has 0 fully saturated rings. The lowest BCUT2D eigenvalue weighted by Gasteiger charge is -2.18. The molecule has 0 aliphatic carbocycles. The Balaban J connectivity index is 3.83. The van der Waals surface area contributed by atoms with Crippen LogP contribution < -0.4 is 0 Å². The van der Waals surface area contributed by atoms with E-state index >= 15 is 0 Å². The molecule has 0 spiro atoms.